The van der Waals surface area contributed by atoms with E-state index in [9.17, 15) is 9.90 Å². The monoisotopic (exact) mass is 217 g/mol. The van der Waals surface area contributed by atoms with Gasteiger partial charge in [0.05, 0.1) is 26.7 Å². The van der Waals surface area contributed by atoms with E-state index in [1.165, 1.54) is 0 Å². The summed E-state index contributed by atoms with van der Waals surface area (Å²) in [4.78, 5) is 10.6. The van der Waals surface area contributed by atoms with Crippen LogP contribution in [0.1, 0.15) is 27.2 Å². The number of carbonyl (C=O) groups is 1. The Hall–Kier alpha value is -0.610. The number of quaternary nitrogens is 1. The molecule has 0 aliphatic carbocycles. The van der Waals surface area contributed by atoms with Crippen LogP contribution in [-0.2, 0) is 9.53 Å². The second-order valence-electron chi connectivity index (χ2n) is 5.90. The van der Waals surface area contributed by atoms with E-state index >= 15 is 0 Å². The average molecular weight is 217 g/mol. The Morgan fingerprint density at radius 3 is 2.07 bits per heavy atom. The highest BCUT2D eigenvalue weighted by molar-refractivity contribution is 5.64. The number of carboxylic acids is 1. The van der Waals surface area contributed by atoms with Gasteiger partial charge in [0.25, 0.3) is 0 Å². The predicted octanol–water partition coefficient (Wildman–Crippen LogP) is 0.0163. The number of likely N-dealkylation sites (N-methyl/N-ethyl adjacent to an activating group) is 1. The zero-order chi connectivity index (χ0) is 12.3. The van der Waals surface area contributed by atoms with Crippen LogP contribution in [0.3, 0.4) is 0 Å². The van der Waals surface area contributed by atoms with Gasteiger partial charge in [-0.15, -0.1) is 0 Å². The summed E-state index contributed by atoms with van der Waals surface area (Å²) in [5.41, 5.74) is -0.324. The maximum atomic E-state index is 10.6. The van der Waals surface area contributed by atoms with Crippen LogP contribution in [-0.4, -0.2) is 49.8 Å². The summed E-state index contributed by atoms with van der Waals surface area (Å²) in [7, 11) is 6.02. The smallest absolute Gasteiger partial charge is 0.112 e. The van der Waals surface area contributed by atoms with E-state index in [0.717, 1.165) is 0 Å². The van der Waals surface area contributed by atoms with Crippen molar-refractivity contribution >= 4 is 5.97 Å². The normalized spacial score (nSPS) is 15.1. The molecule has 0 saturated carbocycles. The molecule has 0 heterocycles. The lowest BCUT2D eigenvalue weighted by molar-refractivity contribution is -0.873. The fraction of sp³-hybridized carbons (Fsp3) is 0.909. The second-order valence-corrected chi connectivity index (χ2v) is 5.90. The van der Waals surface area contributed by atoms with E-state index in [4.69, 9.17) is 4.74 Å². The zero-order valence-electron chi connectivity index (χ0n) is 10.7. The molecular weight excluding hydrogens is 194 g/mol. The maximum Gasteiger partial charge on any atom is 0.112 e. The highest BCUT2D eigenvalue weighted by Gasteiger charge is 2.24. The molecule has 0 aliphatic rings. The largest absolute Gasteiger partial charge is 0.550 e. The molecule has 0 fully saturated rings. The first-order valence-electron chi connectivity index (χ1n) is 5.18. The lowest BCUT2D eigenvalue weighted by Crippen LogP contribution is -2.46. The van der Waals surface area contributed by atoms with Crippen molar-refractivity contribution in [1.82, 2.24) is 0 Å². The Labute approximate surface area is 92.4 Å². The first-order chi connectivity index (χ1) is 6.49. The van der Waals surface area contributed by atoms with Gasteiger partial charge in [0, 0.05) is 12.4 Å². The predicted molar refractivity (Wildman–Crippen MR) is 57.1 cm³/mol. The molecule has 0 bridgehead atoms. The van der Waals surface area contributed by atoms with Crippen LogP contribution in [0.2, 0.25) is 0 Å². The highest BCUT2D eigenvalue weighted by Crippen LogP contribution is 2.14. The van der Waals surface area contributed by atoms with Gasteiger partial charge in [-0.25, -0.2) is 0 Å². The molecule has 0 spiro atoms. The minimum absolute atomic E-state index is 0.0488. The summed E-state index contributed by atoms with van der Waals surface area (Å²) in [5.74, 6) is -1.06. The summed E-state index contributed by atoms with van der Waals surface area (Å²) in [6.45, 7) is 6.42. The molecule has 0 amide bonds. The van der Waals surface area contributed by atoms with E-state index in [1.807, 2.05) is 41.9 Å². The molecular formula is C11H23NO3. The van der Waals surface area contributed by atoms with E-state index in [0.29, 0.717) is 11.0 Å². The van der Waals surface area contributed by atoms with Crippen LogP contribution in [0.4, 0.5) is 0 Å². The summed E-state index contributed by atoms with van der Waals surface area (Å²) in [5, 5.41) is 10.6. The molecule has 0 unspecified atom stereocenters. The van der Waals surface area contributed by atoms with Crippen molar-refractivity contribution in [3.05, 3.63) is 0 Å². The Morgan fingerprint density at radius 2 is 1.80 bits per heavy atom. The summed E-state index contributed by atoms with van der Waals surface area (Å²) in [6.07, 6.45) is -0.345. The number of carboxylic acid groups (broad SMARTS) is 1. The number of rotatable bonds is 5. The topological polar surface area (TPSA) is 49.4 Å². The van der Waals surface area contributed by atoms with Gasteiger partial charge < -0.3 is 19.1 Å². The Bertz CT molecular complexity index is 197. The number of aliphatic carboxylic acids is 1. The molecule has 0 saturated heterocycles. The molecule has 0 aromatic heterocycles. The van der Waals surface area contributed by atoms with Crippen LogP contribution in [0, 0.1) is 0 Å². The van der Waals surface area contributed by atoms with Crippen molar-refractivity contribution in [1.29, 1.82) is 0 Å². The third-order valence-corrected chi connectivity index (χ3v) is 1.67. The van der Waals surface area contributed by atoms with Crippen molar-refractivity contribution in [3.63, 3.8) is 0 Å². The first-order valence-corrected chi connectivity index (χ1v) is 5.18. The standard InChI is InChI=1S/C11H23NO3/c1-11(2,3)15-9(7-10(13)14)8-12(4,5)6/h9H,7-8H2,1-6H3/t9-/m0/s1. The molecule has 0 rings (SSSR count). The van der Waals surface area contributed by atoms with Gasteiger partial charge in [-0.3, -0.25) is 0 Å². The van der Waals surface area contributed by atoms with Crippen LogP contribution in [0.15, 0.2) is 0 Å². The van der Waals surface area contributed by atoms with Gasteiger partial charge in [0.1, 0.15) is 12.6 Å². The molecule has 0 aromatic carbocycles. The Balaban J connectivity index is 4.39. The Kier molecular flexibility index (Phi) is 4.74. The molecule has 0 aromatic rings. The van der Waals surface area contributed by atoms with E-state index in [-0.39, 0.29) is 18.1 Å². The summed E-state index contributed by atoms with van der Waals surface area (Å²) < 4.78 is 6.36. The van der Waals surface area contributed by atoms with Gasteiger partial charge in [-0.2, -0.15) is 0 Å². The summed E-state index contributed by atoms with van der Waals surface area (Å²) >= 11 is 0. The van der Waals surface area contributed by atoms with E-state index in [2.05, 4.69) is 0 Å². The van der Waals surface area contributed by atoms with Gasteiger partial charge >= 0.3 is 0 Å². The lowest BCUT2D eigenvalue weighted by Gasteiger charge is -2.33. The van der Waals surface area contributed by atoms with E-state index in [1.54, 1.807) is 0 Å². The fourth-order valence-corrected chi connectivity index (χ4v) is 1.44. The number of hydrogen-bond donors (Lipinski definition) is 0. The summed E-state index contributed by atoms with van der Waals surface area (Å²) in [6, 6.07) is 0. The molecule has 0 radical (unpaired) electrons. The molecule has 1 atom stereocenters. The van der Waals surface area contributed by atoms with Crippen molar-refractivity contribution < 1.29 is 19.1 Å². The molecule has 15 heavy (non-hydrogen) atoms. The fourth-order valence-electron chi connectivity index (χ4n) is 1.44. The average Bonchev–Trinajstić information content (AvgIpc) is 1.73. The molecule has 0 N–H and O–H groups in total. The Morgan fingerprint density at radius 1 is 1.33 bits per heavy atom. The third kappa shape index (κ3) is 9.69. The minimum atomic E-state index is -1.06. The van der Waals surface area contributed by atoms with Crippen LogP contribution in [0.5, 0.6) is 0 Å². The number of carbonyl (C=O) groups excluding carboxylic acids is 1. The minimum Gasteiger partial charge on any atom is -0.550 e. The molecule has 4 nitrogen and oxygen atoms in total. The van der Waals surface area contributed by atoms with Gasteiger partial charge in [-0.05, 0) is 20.8 Å². The van der Waals surface area contributed by atoms with Crippen LogP contribution >= 0.6 is 0 Å². The molecule has 4 heteroatoms. The first kappa shape index (κ1) is 14.4. The highest BCUT2D eigenvalue weighted by atomic mass is 16.5. The quantitative estimate of drug-likeness (QED) is 0.610. The maximum absolute atomic E-state index is 10.6. The number of ether oxygens (including phenoxy) is 1. The van der Waals surface area contributed by atoms with Gasteiger partial charge in [0.15, 0.2) is 0 Å². The van der Waals surface area contributed by atoms with Crippen molar-refractivity contribution in [2.24, 2.45) is 0 Å². The van der Waals surface area contributed by atoms with Crippen molar-refractivity contribution in [2.75, 3.05) is 27.7 Å². The van der Waals surface area contributed by atoms with Gasteiger partial charge in [-0.1, -0.05) is 0 Å². The van der Waals surface area contributed by atoms with Crippen LogP contribution in [0.25, 0.3) is 0 Å². The SMILES string of the molecule is CC(C)(C)O[C@@H](CC(=O)[O-])C[N+](C)(C)C. The zero-order valence-corrected chi connectivity index (χ0v) is 10.7. The lowest BCUT2D eigenvalue weighted by atomic mass is 10.1. The molecule has 90 valence electrons. The van der Waals surface area contributed by atoms with Crippen molar-refractivity contribution in [2.45, 2.75) is 38.9 Å². The second kappa shape index (κ2) is 4.94. The van der Waals surface area contributed by atoms with Crippen LogP contribution < -0.4 is 5.11 Å². The molecule has 0 aliphatic heterocycles. The number of nitrogens with zero attached hydrogens (tertiary/aromatic N) is 1. The van der Waals surface area contributed by atoms with Crippen molar-refractivity contribution in [3.8, 4) is 0 Å². The van der Waals surface area contributed by atoms with E-state index < -0.39 is 5.97 Å². The van der Waals surface area contributed by atoms with Gasteiger partial charge in [0.2, 0.25) is 0 Å². The third-order valence-electron chi connectivity index (χ3n) is 1.67. The number of hydrogen-bond acceptors (Lipinski definition) is 3.